The second-order valence-electron chi connectivity index (χ2n) is 4.53. The molecule has 3 rings (SSSR count). The number of rotatable bonds is 2. The van der Waals surface area contributed by atoms with E-state index < -0.39 is 6.17 Å². The van der Waals surface area contributed by atoms with Crippen molar-refractivity contribution in [1.82, 2.24) is 5.32 Å². The van der Waals surface area contributed by atoms with Crippen LogP contribution < -0.4 is 14.8 Å². The summed E-state index contributed by atoms with van der Waals surface area (Å²) in [6.45, 7) is 1.94. The molecule has 3 nitrogen and oxygen atoms in total. The van der Waals surface area contributed by atoms with Gasteiger partial charge in [-0.2, -0.15) is 0 Å². The Morgan fingerprint density at radius 2 is 2.35 bits per heavy atom. The molecule has 1 aromatic rings. The van der Waals surface area contributed by atoms with Crippen LogP contribution in [0, 0.1) is 0 Å². The molecular weight excluding hydrogens is 221 g/mol. The van der Waals surface area contributed by atoms with Gasteiger partial charge in [0.25, 0.3) is 0 Å². The Balaban J connectivity index is 1.72. The first-order valence-corrected chi connectivity index (χ1v) is 6.10. The van der Waals surface area contributed by atoms with E-state index in [1.54, 1.807) is 0 Å². The molecule has 2 aliphatic rings. The van der Waals surface area contributed by atoms with Gasteiger partial charge in [0.05, 0.1) is 6.61 Å². The second-order valence-corrected chi connectivity index (χ2v) is 4.53. The molecular formula is C13H16FNO2. The van der Waals surface area contributed by atoms with Crippen molar-refractivity contribution in [3.05, 3.63) is 23.8 Å². The summed E-state index contributed by atoms with van der Waals surface area (Å²) in [5.74, 6) is 1.68. The first-order valence-electron chi connectivity index (χ1n) is 6.10. The van der Waals surface area contributed by atoms with Crippen LogP contribution in [-0.2, 0) is 6.42 Å². The van der Waals surface area contributed by atoms with Crippen LogP contribution in [0.15, 0.2) is 18.2 Å². The molecule has 1 N–H and O–H groups in total. The van der Waals surface area contributed by atoms with E-state index >= 15 is 0 Å². The van der Waals surface area contributed by atoms with Gasteiger partial charge in [0, 0.05) is 18.5 Å². The lowest BCUT2D eigenvalue weighted by Gasteiger charge is -2.27. The van der Waals surface area contributed by atoms with Gasteiger partial charge in [0.2, 0.25) is 0 Å². The van der Waals surface area contributed by atoms with Crippen LogP contribution in [0.4, 0.5) is 4.39 Å². The lowest BCUT2D eigenvalue weighted by atomic mass is 10.1. The van der Waals surface area contributed by atoms with Crippen LogP contribution in [0.3, 0.4) is 0 Å². The van der Waals surface area contributed by atoms with Gasteiger partial charge in [0.1, 0.15) is 23.8 Å². The van der Waals surface area contributed by atoms with E-state index in [9.17, 15) is 4.39 Å². The first-order chi connectivity index (χ1) is 8.33. The maximum absolute atomic E-state index is 13.6. The molecule has 1 saturated heterocycles. The molecule has 0 radical (unpaired) electrons. The standard InChI is InChI=1S/C13H16FNO2/c14-11-8-15-5-3-13(11)17-10-1-2-12-9(7-10)4-6-16-12/h1-2,7,11,13,15H,3-6,8H2. The number of benzene rings is 1. The summed E-state index contributed by atoms with van der Waals surface area (Å²) in [6.07, 6.45) is 0.386. The number of halogens is 1. The Hall–Kier alpha value is -1.29. The van der Waals surface area contributed by atoms with Gasteiger partial charge in [0.15, 0.2) is 0 Å². The molecule has 0 spiro atoms. The maximum atomic E-state index is 13.6. The lowest BCUT2D eigenvalue weighted by molar-refractivity contribution is 0.0731. The zero-order valence-corrected chi connectivity index (χ0v) is 9.62. The molecule has 92 valence electrons. The molecule has 4 heteroatoms. The third kappa shape index (κ3) is 2.22. The third-order valence-corrected chi connectivity index (χ3v) is 3.30. The Kier molecular flexibility index (Phi) is 2.89. The minimum Gasteiger partial charge on any atom is -0.493 e. The maximum Gasteiger partial charge on any atom is 0.149 e. The molecule has 2 atom stereocenters. The van der Waals surface area contributed by atoms with Gasteiger partial charge in [-0.15, -0.1) is 0 Å². The van der Waals surface area contributed by atoms with Gasteiger partial charge >= 0.3 is 0 Å². The largest absolute Gasteiger partial charge is 0.493 e. The van der Waals surface area contributed by atoms with Crippen molar-refractivity contribution in [2.24, 2.45) is 0 Å². The number of nitrogens with one attached hydrogen (secondary N) is 1. The summed E-state index contributed by atoms with van der Waals surface area (Å²) in [7, 11) is 0. The van der Waals surface area contributed by atoms with Gasteiger partial charge in [-0.05, 0) is 31.2 Å². The zero-order valence-electron chi connectivity index (χ0n) is 9.62. The van der Waals surface area contributed by atoms with Crippen molar-refractivity contribution in [2.75, 3.05) is 19.7 Å². The summed E-state index contributed by atoms with van der Waals surface area (Å²) >= 11 is 0. The molecule has 2 heterocycles. The van der Waals surface area contributed by atoms with Gasteiger partial charge in [-0.3, -0.25) is 0 Å². The van der Waals surface area contributed by atoms with Crippen molar-refractivity contribution in [3.8, 4) is 11.5 Å². The van der Waals surface area contributed by atoms with Crippen LogP contribution in [0.25, 0.3) is 0 Å². The normalized spacial score (nSPS) is 27.4. The molecule has 17 heavy (non-hydrogen) atoms. The Bertz CT molecular complexity index is 410. The van der Waals surface area contributed by atoms with Crippen molar-refractivity contribution in [2.45, 2.75) is 25.1 Å². The topological polar surface area (TPSA) is 30.5 Å². The van der Waals surface area contributed by atoms with Gasteiger partial charge < -0.3 is 14.8 Å². The van der Waals surface area contributed by atoms with E-state index in [4.69, 9.17) is 9.47 Å². The summed E-state index contributed by atoms with van der Waals surface area (Å²) < 4.78 is 24.7. The lowest BCUT2D eigenvalue weighted by Crippen LogP contribution is -2.44. The fourth-order valence-electron chi connectivity index (χ4n) is 2.34. The third-order valence-electron chi connectivity index (χ3n) is 3.30. The number of piperidine rings is 1. The average molecular weight is 237 g/mol. The number of alkyl halides is 1. The smallest absolute Gasteiger partial charge is 0.149 e. The summed E-state index contributed by atoms with van der Waals surface area (Å²) in [6, 6.07) is 5.74. The highest BCUT2D eigenvalue weighted by atomic mass is 19.1. The summed E-state index contributed by atoms with van der Waals surface area (Å²) in [5.41, 5.74) is 1.16. The highest BCUT2D eigenvalue weighted by molar-refractivity contribution is 5.42. The molecule has 2 aliphatic heterocycles. The Labute approximate surface area is 99.9 Å². The predicted octanol–water partition coefficient (Wildman–Crippen LogP) is 1.70. The second kappa shape index (κ2) is 4.53. The highest BCUT2D eigenvalue weighted by Crippen LogP contribution is 2.30. The summed E-state index contributed by atoms with van der Waals surface area (Å²) in [5, 5.41) is 3.02. The predicted molar refractivity (Wildman–Crippen MR) is 62.4 cm³/mol. The van der Waals surface area contributed by atoms with E-state index in [1.165, 1.54) is 0 Å². The van der Waals surface area contributed by atoms with Crippen molar-refractivity contribution in [3.63, 3.8) is 0 Å². The zero-order chi connectivity index (χ0) is 11.7. The molecule has 0 aromatic heterocycles. The molecule has 0 aliphatic carbocycles. The monoisotopic (exact) mass is 237 g/mol. The minimum absolute atomic E-state index is 0.323. The van der Waals surface area contributed by atoms with E-state index in [0.717, 1.165) is 43.1 Å². The highest BCUT2D eigenvalue weighted by Gasteiger charge is 2.26. The quantitative estimate of drug-likeness (QED) is 0.849. The molecule has 0 bridgehead atoms. The van der Waals surface area contributed by atoms with Crippen LogP contribution in [0.1, 0.15) is 12.0 Å². The van der Waals surface area contributed by atoms with Crippen molar-refractivity contribution in [1.29, 1.82) is 0 Å². The average Bonchev–Trinajstić information content (AvgIpc) is 2.79. The number of hydrogen-bond donors (Lipinski definition) is 1. The SMILES string of the molecule is FC1CNCCC1Oc1ccc2c(c1)CCO2. The molecule has 2 unspecified atom stereocenters. The van der Waals surface area contributed by atoms with Crippen molar-refractivity contribution >= 4 is 0 Å². The van der Waals surface area contributed by atoms with E-state index in [0.29, 0.717) is 6.54 Å². The van der Waals surface area contributed by atoms with Crippen molar-refractivity contribution < 1.29 is 13.9 Å². The fourth-order valence-corrected chi connectivity index (χ4v) is 2.34. The van der Waals surface area contributed by atoms with E-state index in [1.807, 2.05) is 18.2 Å². The molecule has 1 aromatic carbocycles. The Morgan fingerprint density at radius 1 is 1.41 bits per heavy atom. The van der Waals surface area contributed by atoms with Gasteiger partial charge in [-0.1, -0.05) is 0 Å². The molecule has 0 saturated carbocycles. The molecule has 0 amide bonds. The molecule has 1 fully saturated rings. The fraction of sp³-hybridized carbons (Fsp3) is 0.538. The minimum atomic E-state index is -0.923. The number of fused-ring (bicyclic) bond motifs is 1. The summed E-state index contributed by atoms with van der Waals surface area (Å²) in [4.78, 5) is 0. The van der Waals surface area contributed by atoms with E-state index in [-0.39, 0.29) is 6.10 Å². The first kappa shape index (κ1) is 10.8. The van der Waals surface area contributed by atoms with Gasteiger partial charge in [-0.25, -0.2) is 4.39 Å². The Morgan fingerprint density at radius 3 is 3.24 bits per heavy atom. The van der Waals surface area contributed by atoms with Crippen LogP contribution in [0.5, 0.6) is 11.5 Å². The van der Waals surface area contributed by atoms with Crippen LogP contribution in [-0.4, -0.2) is 32.0 Å². The number of ether oxygens (including phenoxy) is 2. The van der Waals surface area contributed by atoms with Crippen LogP contribution >= 0.6 is 0 Å². The number of hydrogen-bond acceptors (Lipinski definition) is 3. The van der Waals surface area contributed by atoms with E-state index in [2.05, 4.69) is 5.32 Å². The van der Waals surface area contributed by atoms with Crippen LogP contribution in [0.2, 0.25) is 0 Å².